The number of carbonyl (C=O) groups is 1. The summed E-state index contributed by atoms with van der Waals surface area (Å²) in [5.74, 6) is -0.732. The Labute approximate surface area is 153 Å². The number of halogens is 1. The molecule has 1 saturated heterocycles. The molecule has 0 saturated carbocycles. The van der Waals surface area contributed by atoms with Gasteiger partial charge in [-0.15, -0.1) is 0 Å². The van der Waals surface area contributed by atoms with Crippen molar-refractivity contribution in [1.29, 1.82) is 5.26 Å². The molecule has 1 heterocycles. The van der Waals surface area contributed by atoms with Gasteiger partial charge in [-0.2, -0.15) is 5.26 Å². The van der Waals surface area contributed by atoms with Crippen LogP contribution in [0.25, 0.3) is 0 Å². The maximum Gasteiger partial charge on any atom is 0.157 e. The highest BCUT2D eigenvalue weighted by Gasteiger charge is 2.31. The Morgan fingerprint density at radius 2 is 1.88 bits per heavy atom. The van der Waals surface area contributed by atoms with Crippen LogP contribution in [0.1, 0.15) is 29.9 Å². The fraction of sp³-hybridized carbons (Fsp3) is 0.333. The quantitative estimate of drug-likeness (QED) is 0.799. The fourth-order valence-electron chi connectivity index (χ4n) is 3.44. The maximum atomic E-state index is 12.8. The predicted octanol–water partition coefficient (Wildman–Crippen LogP) is 4.43. The number of nitrogens with zero attached hydrogens (tertiary/aromatic N) is 2. The van der Waals surface area contributed by atoms with Crippen molar-refractivity contribution in [3.8, 4) is 6.07 Å². The van der Waals surface area contributed by atoms with Crippen LogP contribution in [0.5, 0.6) is 0 Å². The fourth-order valence-corrected chi connectivity index (χ4v) is 3.64. The zero-order valence-corrected chi connectivity index (χ0v) is 14.8. The molecule has 0 aliphatic carbocycles. The van der Waals surface area contributed by atoms with Gasteiger partial charge in [-0.1, -0.05) is 54.1 Å². The molecule has 0 bridgehead atoms. The average molecular weight is 353 g/mol. The lowest BCUT2D eigenvalue weighted by atomic mass is 9.83. The molecule has 0 aromatic heterocycles. The number of hydrogen-bond acceptors (Lipinski definition) is 3. The number of rotatable bonds is 5. The molecule has 1 atom stereocenters. The standard InChI is InChI=1S/C21H21ClN2O/c22-19-8-4-7-18(13-19)20(14-23)21(25)17-9-11-24(12-10-17)15-16-5-2-1-3-6-16/h1-8,13,17,20H,9-12,15H2. The molecule has 2 aromatic rings. The van der Waals surface area contributed by atoms with E-state index in [2.05, 4.69) is 23.1 Å². The lowest BCUT2D eigenvalue weighted by Crippen LogP contribution is -2.37. The van der Waals surface area contributed by atoms with Gasteiger partial charge in [-0.25, -0.2) is 0 Å². The van der Waals surface area contributed by atoms with E-state index in [1.54, 1.807) is 18.2 Å². The Balaban J connectivity index is 1.60. The first-order valence-corrected chi connectivity index (χ1v) is 9.00. The van der Waals surface area contributed by atoms with Crippen LogP contribution in [0.4, 0.5) is 0 Å². The SMILES string of the molecule is N#CC(C(=O)C1CCN(Cc2ccccc2)CC1)c1cccc(Cl)c1. The van der Waals surface area contributed by atoms with Gasteiger partial charge in [-0.3, -0.25) is 9.69 Å². The molecule has 1 unspecified atom stereocenters. The second-order valence-corrected chi connectivity index (χ2v) is 6.99. The average Bonchev–Trinajstić information content (AvgIpc) is 2.64. The van der Waals surface area contributed by atoms with Crippen LogP contribution >= 0.6 is 11.6 Å². The summed E-state index contributed by atoms with van der Waals surface area (Å²) < 4.78 is 0. The number of hydrogen-bond donors (Lipinski definition) is 0. The van der Waals surface area contributed by atoms with Crippen molar-refractivity contribution < 1.29 is 4.79 Å². The van der Waals surface area contributed by atoms with Crippen molar-refractivity contribution in [3.05, 3.63) is 70.7 Å². The normalized spacial score (nSPS) is 17.0. The van der Waals surface area contributed by atoms with Crippen molar-refractivity contribution in [1.82, 2.24) is 4.90 Å². The van der Waals surface area contributed by atoms with E-state index < -0.39 is 5.92 Å². The molecule has 3 rings (SSSR count). The third-order valence-electron chi connectivity index (χ3n) is 4.83. The summed E-state index contributed by atoms with van der Waals surface area (Å²) >= 11 is 6.01. The third-order valence-corrected chi connectivity index (χ3v) is 5.07. The minimum atomic E-state index is -0.718. The minimum absolute atomic E-state index is 0.0316. The molecule has 0 radical (unpaired) electrons. The molecule has 1 aliphatic heterocycles. The highest BCUT2D eigenvalue weighted by molar-refractivity contribution is 6.30. The number of likely N-dealkylation sites (tertiary alicyclic amines) is 1. The lowest BCUT2D eigenvalue weighted by molar-refractivity contribution is -0.124. The van der Waals surface area contributed by atoms with E-state index in [1.807, 2.05) is 24.3 Å². The zero-order valence-electron chi connectivity index (χ0n) is 14.1. The van der Waals surface area contributed by atoms with E-state index in [1.165, 1.54) is 5.56 Å². The van der Waals surface area contributed by atoms with Crippen LogP contribution in [0, 0.1) is 17.2 Å². The topological polar surface area (TPSA) is 44.1 Å². The molecule has 128 valence electrons. The first-order valence-electron chi connectivity index (χ1n) is 8.62. The van der Waals surface area contributed by atoms with Gasteiger partial charge in [0, 0.05) is 17.5 Å². The molecule has 1 aliphatic rings. The summed E-state index contributed by atoms with van der Waals surface area (Å²) in [4.78, 5) is 15.2. The van der Waals surface area contributed by atoms with E-state index in [0.29, 0.717) is 10.6 Å². The Kier molecular flexibility index (Phi) is 5.86. The van der Waals surface area contributed by atoms with Crippen LogP contribution < -0.4 is 0 Å². The molecule has 0 N–H and O–H groups in total. The first-order chi connectivity index (χ1) is 12.2. The summed E-state index contributed by atoms with van der Waals surface area (Å²) in [5.41, 5.74) is 1.99. The Bertz CT molecular complexity index is 761. The maximum absolute atomic E-state index is 12.8. The van der Waals surface area contributed by atoms with Crippen LogP contribution in [0.3, 0.4) is 0 Å². The molecule has 2 aromatic carbocycles. The number of carbonyl (C=O) groups excluding carboxylic acids is 1. The second-order valence-electron chi connectivity index (χ2n) is 6.56. The van der Waals surface area contributed by atoms with Crippen LogP contribution in [0.15, 0.2) is 54.6 Å². The van der Waals surface area contributed by atoms with E-state index in [4.69, 9.17) is 11.6 Å². The van der Waals surface area contributed by atoms with E-state index in [0.717, 1.165) is 32.5 Å². The van der Waals surface area contributed by atoms with Crippen molar-refractivity contribution in [2.75, 3.05) is 13.1 Å². The van der Waals surface area contributed by atoms with Gasteiger partial charge in [0.25, 0.3) is 0 Å². The van der Waals surface area contributed by atoms with Crippen molar-refractivity contribution in [3.63, 3.8) is 0 Å². The van der Waals surface area contributed by atoms with E-state index in [-0.39, 0.29) is 11.7 Å². The molecular weight excluding hydrogens is 332 g/mol. The monoisotopic (exact) mass is 352 g/mol. The predicted molar refractivity (Wildman–Crippen MR) is 99.3 cm³/mol. The molecular formula is C21H21ClN2O. The van der Waals surface area contributed by atoms with E-state index >= 15 is 0 Å². The molecule has 0 amide bonds. The number of benzene rings is 2. The lowest BCUT2D eigenvalue weighted by Gasteiger charge is -2.32. The molecule has 25 heavy (non-hydrogen) atoms. The van der Waals surface area contributed by atoms with Gasteiger partial charge in [0.15, 0.2) is 5.78 Å². The highest BCUT2D eigenvalue weighted by atomic mass is 35.5. The number of piperidine rings is 1. The summed E-state index contributed by atoms with van der Waals surface area (Å²) in [5, 5.41) is 10.1. The van der Waals surface area contributed by atoms with Gasteiger partial charge in [-0.05, 0) is 49.2 Å². The summed E-state index contributed by atoms with van der Waals surface area (Å²) in [7, 11) is 0. The van der Waals surface area contributed by atoms with Crippen LogP contribution in [-0.4, -0.2) is 23.8 Å². The Morgan fingerprint density at radius 1 is 1.16 bits per heavy atom. The summed E-state index contributed by atoms with van der Waals surface area (Å²) in [6.45, 7) is 2.69. The van der Waals surface area contributed by atoms with Gasteiger partial charge >= 0.3 is 0 Å². The molecule has 0 spiro atoms. The second kappa shape index (κ2) is 8.29. The van der Waals surface area contributed by atoms with Gasteiger partial charge < -0.3 is 0 Å². The van der Waals surface area contributed by atoms with Gasteiger partial charge in [0.05, 0.1) is 6.07 Å². The van der Waals surface area contributed by atoms with Crippen molar-refractivity contribution in [2.45, 2.75) is 25.3 Å². The Morgan fingerprint density at radius 3 is 2.52 bits per heavy atom. The zero-order chi connectivity index (χ0) is 17.6. The smallest absolute Gasteiger partial charge is 0.157 e. The molecule has 3 nitrogen and oxygen atoms in total. The summed E-state index contributed by atoms with van der Waals surface area (Å²) in [6.07, 6.45) is 1.62. The minimum Gasteiger partial charge on any atom is -0.299 e. The molecule has 1 fully saturated rings. The van der Waals surface area contributed by atoms with Gasteiger partial charge in [0.1, 0.15) is 5.92 Å². The van der Waals surface area contributed by atoms with Crippen molar-refractivity contribution >= 4 is 17.4 Å². The van der Waals surface area contributed by atoms with Crippen LogP contribution in [-0.2, 0) is 11.3 Å². The number of nitriles is 1. The Hall–Kier alpha value is -2.15. The van der Waals surface area contributed by atoms with E-state index in [9.17, 15) is 10.1 Å². The summed E-state index contributed by atoms with van der Waals surface area (Å²) in [6, 6.07) is 19.6. The number of ketones is 1. The largest absolute Gasteiger partial charge is 0.299 e. The highest BCUT2D eigenvalue weighted by Crippen LogP contribution is 2.28. The molecule has 4 heteroatoms. The number of Topliss-reactive ketones (excluding diaryl/α,β-unsaturated/α-hetero) is 1. The van der Waals surface area contributed by atoms with Gasteiger partial charge in [0.2, 0.25) is 0 Å². The van der Waals surface area contributed by atoms with Crippen molar-refractivity contribution in [2.24, 2.45) is 5.92 Å². The third kappa shape index (κ3) is 4.48. The van der Waals surface area contributed by atoms with Crippen LogP contribution in [0.2, 0.25) is 5.02 Å². The first kappa shape index (κ1) is 17.7.